The third kappa shape index (κ3) is 5.10. The van der Waals surface area contributed by atoms with Crippen LogP contribution in [0, 0.1) is 5.82 Å². The monoisotopic (exact) mass is 446 g/mol. The Bertz CT molecular complexity index is 965. The maximum Gasteiger partial charge on any atom is 0.243 e. The van der Waals surface area contributed by atoms with Crippen LogP contribution < -0.4 is 4.74 Å². The number of ether oxygens (including phenoxy) is 1. The highest BCUT2D eigenvalue weighted by atomic mass is 32.2. The number of para-hydroxylation sites is 1. The molecule has 2 aliphatic rings. The van der Waals surface area contributed by atoms with Crippen molar-refractivity contribution >= 4 is 10.0 Å². The smallest absolute Gasteiger partial charge is 0.243 e. The van der Waals surface area contributed by atoms with Crippen molar-refractivity contribution in [2.75, 3.05) is 26.2 Å². The van der Waals surface area contributed by atoms with Crippen molar-refractivity contribution in [1.82, 2.24) is 9.21 Å². The predicted octanol–water partition coefficient (Wildman–Crippen LogP) is 4.08. The van der Waals surface area contributed by atoms with Crippen molar-refractivity contribution in [3.05, 3.63) is 59.9 Å². The van der Waals surface area contributed by atoms with Crippen LogP contribution in [0.2, 0.25) is 0 Å². The van der Waals surface area contributed by atoms with Gasteiger partial charge in [-0.2, -0.15) is 4.31 Å². The van der Waals surface area contributed by atoms with Crippen molar-refractivity contribution in [1.29, 1.82) is 0 Å². The highest BCUT2D eigenvalue weighted by Crippen LogP contribution is 2.27. The zero-order chi connectivity index (χ0) is 21.8. The summed E-state index contributed by atoms with van der Waals surface area (Å²) < 4.78 is 47.3. The molecule has 0 radical (unpaired) electrons. The Morgan fingerprint density at radius 3 is 2.19 bits per heavy atom. The number of sulfonamides is 1. The van der Waals surface area contributed by atoms with Gasteiger partial charge in [0.25, 0.3) is 0 Å². The second-order valence-electron chi connectivity index (χ2n) is 8.42. The van der Waals surface area contributed by atoms with Crippen LogP contribution in [-0.2, 0) is 16.4 Å². The number of benzene rings is 2. The molecular weight excluding hydrogens is 415 g/mol. The van der Waals surface area contributed by atoms with Gasteiger partial charge in [-0.3, -0.25) is 0 Å². The third-order valence-corrected chi connectivity index (χ3v) is 8.43. The molecule has 5 nitrogen and oxygen atoms in total. The fourth-order valence-corrected chi connectivity index (χ4v) is 6.04. The standard InChI is InChI=1S/C24H31FN2O3S/c1-2-19-7-9-22(10-8-19)31(28,29)27-17-11-20(12-18-27)26-15-13-21(14-16-26)30-24-6-4-3-5-23(24)25/h3-10,20-21H,2,11-18H2,1H3. The van der Waals surface area contributed by atoms with Crippen LogP contribution in [0.3, 0.4) is 0 Å². The summed E-state index contributed by atoms with van der Waals surface area (Å²) in [5, 5.41) is 0. The number of likely N-dealkylation sites (tertiary alicyclic amines) is 1. The molecule has 0 N–H and O–H groups in total. The second-order valence-corrected chi connectivity index (χ2v) is 10.4. The molecule has 0 atom stereocenters. The molecule has 0 amide bonds. The van der Waals surface area contributed by atoms with Gasteiger partial charge in [-0.1, -0.05) is 31.2 Å². The van der Waals surface area contributed by atoms with Crippen LogP contribution >= 0.6 is 0 Å². The van der Waals surface area contributed by atoms with Gasteiger partial charge in [0, 0.05) is 32.2 Å². The lowest BCUT2D eigenvalue weighted by Gasteiger charge is -2.41. The number of piperidine rings is 2. The quantitative estimate of drug-likeness (QED) is 0.671. The van der Waals surface area contributed by atoms with E-state index in [1.165, 1.54) is 6.07 Å². The van der Waals surface area contributed by atoms with Crippen molar-refractivity contribution in [2.24, 2.45) is 0 Å². The number of nitrogens with zero attached hydrogens (tertiary/aromatic N) is 2. The van der Waals surface area contributed by atoms with E-state index in [1.54, 1.807) is 34.6 Å². The lowest BCUT2D eigenvalue weighted by atomic mass is 10.00. The van der Waals surface area contributed by atoms with Crippen LogP contribution in [0.5, 0.6) is 5.75 Å². The molecule has 0 saturated carbocycles. The Morgan fingerprint density at radius 1 is 0.935 bits per heavy atom. The van der Waals surface area contributed by atoms with Gasteiger partial charge in [-0.25, -0.2) is 12.8 Å². The first-order valence-electron chi connectivity index (χ1n) is 11.2. The number of halogens is 1. The minimum Gasteiger partial charge on any atom is -0.487 e. The van der Waals surface area contributed by atoms with E-state index >= 15 is 0 Å². The first-order chi connectivity index (χ1) is 15.0. The van der Waals surface area contributed by atoms with E-state index in [1.807, 2.05) is 12.1 Å². The molecule has 2 aromatic rings. The van der Waals surface area contributed by atoms with Gasteiger partial charge < -0.3 is 9.64 Å². The van der Waals surface area contributed by atoms with Crippen LogP contribution in [0.25, 0.3) is 0 Å². The third-order valence-electron chi connectivity index (χ3n) is 6.52. The van der Waals surface area contributed by atoms with Gasteiger partial charge in [-0.15, -0.1) is 0 Å². The number of hydrogen-bond donors (Lipinski definition) is 0. The summed E-state index contributed by atoms with van der Waals surface area (Å²) in [5.74, 6) is 0.00859. The minimum absolute atomic E-state index is 0.0275. The van der Waals surface area contributed by atoms with E-state index in [0.29, 0.717) is 29.8 Å². The van der Waals surface area contributed by atoms with E-state index in [2.05, 4.69) is 11.8 Å². The normalized spacial score (nSPS) is 20.1. The molecule has 31 heavy (non-hydrogen) atoms. The number of hydrogen-bond acceptors (Lipinski definition) is 4. The molecule has 2 aromatic carbocycles. The molecule has 0 spiro atoms. The fourth-order valence-electron chi connectivity index (χ4n) is 4.57. The van der Waals surface area contributed by atoms with E-state index in [-0.39, 0.29) is 11.9 Å². The summed E-state index contributed by atoms with van der Waals surface area (Å²) in [6, 6.07) is 14.2. The summed E-state index contributed by atoms with van der Waals surface area (Å²) in [7, 11) is -3.43. The topological polar surface area (TPSA) is 49.9 Å². The maximum absolute atomic E-state index is 13.8. The summed E-state index contributed by atoms with van der Waals surface area (Å²) in [6.07, 6.45) is 4.32. The Hall–Kier alpha value is -1.96. The van der Waals surface area contributed by atoms with E-state index in [4.69, 9.17) is 4.74 Å². The van der Waals surface area contributed by atoms with Gasteiger partial charge in [0.15, 0.2) is 11.6 Å². The Balaban J connectivity index is 1.28. The first-order valence-corrected chi connectivity index (χ1v) is 12.7. The molecule has 0 bridgehead atoms. The first kappa shape index (κ1) is 22.2. The van der Waals surface area contributed by atoms with E-state index < -0.39 is 10.0 Å². The largest absolute Gasteiger partial charge is 0.487 e. The Kier molecular flexibility index (Phi) is 6.94. The summed E-state index contributed by atoms with van der Waals surface area (Å²) in [4.78, 5) is 2.83. The van der Waals surface area contributed by atoms with Gasteiger partial charge in [0.1, 0.15) is 6.10 Å². The number of rotatable bonds is 6. The van der Waals surface area contributed by atoms with Crippen LogP contribution in [0.1, 0.15) is 38.2 Å². The summed E-state index contributed by atoms with van der Waals surface area (Å²) in [6.45, 7) is 4.95. The zero-order valence-corrected chi connectivity index (χ0v) is 18.9. The van der Waals surface area contributed by atoms with Gasteiger partial charge in [0.05, 0.1) is 4.90 Å². The van der Waals surface area contributed by atoms with Gasteiger partial charge in [0.2, 0.25) is 10.0 Å². The molecule has 2 fully saturated rings. The van der Waals surface area contributed by atoms with Gasteiger partial charge in [-0.05, 0) is 61.9 Å². The highest BCUT2D eigenvalue weighted by Gasteiger charge is 2.33. The molecular formula is C24H31FN2O3S. The molecule has 7 heteroatoms. The van der Waals surface area contributed by atoms with Crippen molar-refractivity contribution < 1.29 is 17.5 Å². The van der Waals surface area contributed by atoms with E-state index in [0.717, 1.165) is 50.8 Å². The van der Waals surface area contributed by atoms with Crippen molar-refractivity contribution in [3.8, 4) is 5.75 Å². The second kappa shape index (κ2) is 9.67. The van der Waals surface area contributed by atoms with Crippen molar-refractivity contribution in [2.45, 2.75) is 56.1 Å². The molecule has 2 heterocycles. The average molecular weight is 447 g/mol. The van der Waals surface area contributed by atoms with E-state index in [9.17, 15) is 12.8 Å². The molecule has 0 aliphatic carbocycles. The Morgan fingerprint density at radius 2 is 1.58 bits per heavy atom. The van der Waals surface area contributed by atoms with Gasteiger partial charge >= 0.3 is 0 Å². The molecule has 168 valence electrons. The molecule has 2 saturated heterocycles. The van der Waals surface area contributed by atoms with Crippen molar-refractivity contribution in [3.63, 3.8) is 0 Å². The summed E-state index contributed by atoms with van der Waals surface area (Å²) in [5.41, 5.74) is 1.14. The van der Waals surface area contributed by atoms with Crippen LogP contribution in [0.4, 0.5) is 4.39 Å². The lowest BCUT2D eigenvalue weighted by Crippen LogP contribution is -2.50. The van der Waals surface area contributed by atoms with Crippen LogP contribution in [-0.4, -0.2) is 55.9 Å². The van der Waals surface area contributed by atoms with Crippen LogP contribution in [0.15, 0.2) is 53.4 Å². The SMILES string of the molecule is CCc1ccc(S(=O)(=O)N2CCC(N3CCC(Oc4ccccc4F)CC3)CC2)cc1. The summed E-state index contributed by atoms with van der Waals surface area (Å²) >= 11 is 0. The molecule has 0 aromatic heterocycles. The number of aryl methyl sites for hydroxylation is 1. The molecule has 0 unspecified atom stereocenters. The maximum atomic E-state index is 13.8. The molecule has 2 aliphatic heterocycles. The fraction of sp³-hybridized carbons (Fsp3) is 0.500. The lowest BCUT2D eigenvalue weighted by molar-refractivity contribution is 0.0568. The highest BCUT2D eigenvalue weighted by molar-refractivity contribution is 7.89. The average Bonchev–Trinajstić information content (AvgIpc) is 2.81. The predicted molar refractivity (Wildman–Crippen MR) is 119 cm³/mol. The minimum atomic E-state index is -3.43. The Labute approximate surface area is 184 Å². The zero-order valence-electron chi connectivity index (χ0n) is 18.0. The molecule has 4 rings (SSSR count).